The van der Waals surface area contributed by atoms with Gasteiger partial charge >= 0.3 is 0 Å². The highest BCUT2D eigenvalue weighted by molar-refractivity contribution is 7.71. The number of rotatable bonds is 4. The summed E-state index contributed by atoms with van der Waals surface area (Å²) < 4.78 is 17.7. The number of piperazine rings is 1. The second-order valence-corrected chi connectivity index (χ2v) is 7.81. The molecule has 0 atom stereocenters. The zero-order chi connectivity index (χ0) is 19.7. The highest BCUT2D eigenvalue weighted by Gasteiger charge is 2.21. The van der Waals surface area contributed by atoms with E-state index in [4.69, 9.17) is 12.2 Å². The molecule has 0 aliphatic carbocycles. The molecule has 2 aromatic carbocycles. The molecule has 0 saturated carbocycles. The van der Waals surface area contributed by atoms with Crippen molar-refractivity contribution in [2.24, 2.45) is 0 Å². The summed E-state index contributed by atoms with van der Waals surface area (Å²) in [7, 11) is 0. The molecule has 1 aliphatic rings. The Bertz CT molecular complexity index is 1020. The van der Waals surface area contributed by atoms with Gasteiger partial charge in [-0.1, -0.05) is 17.7 Å². The molecule has 1 aromatic heterocycles. The van der Waals surface area contributed by atoms with E-state index in [0.717, 1.165) is 49.0 Å². The van der Waals surface area contributed by atoms with Crippen molar-refractivity contribution < 1.29 is 9.29 Å². The maximum atomic E-state index is 13.1. The van der Waals surface area contributed by atoms with Crippen molar-refractivity contribution in [3.63, 3.8) is 0 Å². The van der Waals surface area contributed by atoms with E-state index in [2.05, 4.69) is 42.0 Å². The zero-order valence-corrected chi connectivity index (χ0v) is 17.0. The van der Waals surface area contributed by atoms with Gasteiger partial charge in [0.1, 0.15) is 12.1 Å². The fourth-order valence-electron chi connectivity index (χ4n) is 3.79. The molecule has 0 radical (unpaired) electrons. The Morgan fingerprint density at radius 2 is 1.79 bits per heavy atom. The van der Waals surface area contributed by atoms with Crippen LogP contribution in [0, 0.1) is 24.4 Å². The molecule has 4 rings (SSSR count). The molecule has 7 heteroatoms. The smallest absolute Gasteiger partial charge is 0.207 e. The van der Waals surface area contributed by atoms with Crippen LogP contribution in [0.5, 0.6) is 0 Å². The number of quaternary nitrogens is 1. The number of benzene rings is 2. The molecule has 0 amide bonds. The molecule has 0 bridgehead atoms. The fourth-order valence-corrected chi connectivity index (χ4v) is 4.05. The van der Waals surface area contributed by atoms with Gasteiger partial charge in [0.15, 0.2) is 6.67 Å². The van der Waals surface area contributed by atoms with E-state index < -0.39 is 0 Å². The van der Waals surface area contributed by atoms with Gasteiger partial charge in [0.05, 0.1) is 31.9 Å². The number of halogens is 1. The normalized spacial score (nSPS) is 15.2. The molecular formula is C21H25FN5S+. The summed E-state index contributed by atoms with van der Waals surface area (Å²) in [6, 6.07) is 13.1. The molecule has 1 fully saturated rings. The van der Waals surface area contributed by atoms with Crippen LogP contribution in [0.3, 0.4) is 0 Å². The average Bonchev–Trinajstić information content (AvgIpc) is 3.03. The third-order valence-corrected chi connectivity index (χ3v) is 5.79. The van der Waals surface area contributed by atoms with E-state index in [0.29, 0.717) is 0 Å². The minimum atomic E-state index is -0.193. The lowest BCUT2D eigenvalue weighted by Crippen LogP contribution is -3.14. The lowest BCUT2D eigenvalue weighted by atomic mass is 10.1. The summed E-state index contributed by atoms with van der Waals surface area (Å²) in [6.07, 6.45) is 1.81. The molecule has 5 nitrogen and oxygen atoms in total. The lowest BCUT2D eigenvalue weighted by Gasteiger charge is -2.33. The summed E-state index contributed by atoms with van der Waals surface area (Å²) in [5.41, 5.74) is 4.59. The van der Waals surface area contributed by atoms with E-state index in [1.54, 1.807) is 0 Å². The Morgan fingerprint density at radius 3 is 2.46 bits per heavy atom. The lowest BCUT2D eigenvalue weighted by molar-refractivity contribution is -0.924. The van der Waals surface area contributed by atoms with Crippen molar-refractivity contribution >= 4 is 17.9 Å². The Morgan fingerprint density at radius 1 is 1.07 bits per heavy atom. The van der Waals surface area contributed by atoms with Gasteiger partial charge in [-0.2, -0.15) is 9.78 Å². The quantitative estimate of drug-likeness (QED) is 0.685. The maximum absolute atomic E-state index is 13.1. The van der Waals surface area contributed by atoms with E-state index >= 15 is 0 Å². The van der Waals surface area contributed by atoms with Crippen molar-refractivity contribution in [2.75, 3.05) is 31.1 Å². The average molecular weight is 399 g/mol. The van der Waals surface area contributed by atoms with Crippen LogP contribution in [0.4, 0.5) is 10.1 Å². The first-order valence-electron chi connectivity index (χ1n) is 9.57. The van der Waals surface area contributed by atoms with Crippen LogP contribution in [0.2, 0.25) is 0 Å². The number of nitrogens with one attached hydrogen (secondary N) is 1. The monoisotopic (exact) mass is 398 g/mol. The molecule has 2 heterocycles. The summed E-state index contributed by atoms with van der Waals surface area (Å²) in [4.78, 5) is 3.75. The Balaban J connectivity index is 1.43. The van der Waals surface area contributed by atoms with E-state index in [1.807, 2.05) is 27.7 Å². The zero-order valence-electron chi connectivity index (χ0n) is 16.2. The van der Waals surface area contributed by atoms with Crippen LogP contribution in [-0.4, -0.2) is 40.5 Å². The van der Waals surface area contributed by atoms with Gasteiger partial charge in [0, 0.05) is 5.69 Å². The minimum absolute atomic E-state index is 0.193. The molecule has 146 valence electrons. The minimum Gasteiger partial charge on any atom is -0.360 e. The topological polar surface area (TPSA) is 30.4 Å². The van der Waals surface area contributed by atoms with Crippen LogP contribution >= 0.6 is 12.2 Å². The van der Waals surface area contributed by atoms with Gasteiger partial charge in [-0.15, -0.1) is 0 Å². The van der Waals surface area contributed by atoms with Crippen molar-refractivity contribution in [1.29, 1.82) is 0 Å². The Labute approximate surface area is 169 Å². The van der Waals surface area contributed by atoms with Crippen LogP contribution in [-0.2, 0) is 6.67 Å². The Hall–Kier alpha value is -2.51. The van der Waals surface area contributed by atoms with Crippen molar-refractivity contribution in [1.82, 2.24) is 14.3 Å². The van der Waals surface area contributed by atoms with E-state index in [1.165, 1.54) is 28.2 Å². The van der Waals surface area contributed by atoms with Crippen LogP contribution < -0.4 is 9.80 Å². The van der Waals surface area contributed by atoms with Gasteiger partial charge in [-0.25, -0.2) is 4.39 Å². The molecule has 1 saturated heterocycles. The number of anilines is 1. The van der Waals surface area contributed by atoms with Crippen molar-refractivity contribution in [3.8, 4) is 5.69 Å². The first kappa shape index (κ1) is 18.8. The third kappa shape index (κ3) is 3.86. The molecule has 0 spiro atoms. The second-order valence-electron chi connectivity index (χ2n) is 7.44. The molecule has 3 aromatic rings. The first-order chi connectivity index (χ1) is 13.5. The second kappa shape index (κ2) is 7.85. The summed E-state index contributed by atoms with van der Waals surface area (Å²) in [5, 5.41) is 4.54. The maximum Gasteiger partial charge on any atom is 0.207 e. The predicted molar refractivity (Wildman–Crippen MR) is 111 cm³/mol. The van der Waals surface area contributed by atoms with Gasteiger partial charge in [0.2, 0.25) is 4.77 Å². The molecule has 1 aliphatic heterocycles. The van der Waals surface area contributed by atoms with Crippen LogP contribution in [0.15, 0.2) is 48.8 Å². The predicted octanol–water partition coefficient (Wildman–Crippen LogP) is 2.52. The molecule has 0 unspecified atom stereocenters. The SMILES string of the molecule is Cc1ccc(-n2cnn(C[NH+]3CCN(c4ccc(F)cc4)CC3)c2=S)c(C)c1. The summed E-state index contributed by atoms with van der Waals surface area (Å²) in [5.74, 6) is -0.193. The number of aryl methyl sites for hydroxylation is 2. The van der Waals surface area contributed by atoms with Crippen molar-refractivity contribution in [3.05, 3.63) is 70.5 Å². The third-order valence-electron chi connectivity index (χ3n) is 5.38. The molecular weight excluding hydrogens is 373 g/mol. The Kier molecular flexibility index (Phi) is 5.28. The van der Waals surface area contributed by atoms with E-state index in [9.17, 15) is 4.39 Å². The molecule has 28 heavy (non-hydrogen) atoms. The highest BCUT2D eigenvalue weighted by atomic mass is 32.1. The van der Waals surface area contributed by atoms with Gasteiger partial charge < -0.3 is 9.80 Å². The number of hydrogen-bond donors (Lipinski definition) is 1. The highest BCUT2D eigenvalue weighted by Crippen LogP contribution is 2.16. The summed E-state index contributed by atoms with van der Waals surface area (Å²) in [6.45, 7) is 8.81. The number of nitrogens with zero attached hydrogens (tertiary/aromatic N) is 4. The fraction of sp³-hybridized carbons (Fsp3) is 0.333. The van der Waals surface area contributed by atoms with E-state index in [-0.39, 0.29) is 5.82 Å². The van der Waals surface area contributed by atoms with Crippen LogP contribution in [0.25, 0.3) is 5.69 Å². The standard InChI is InChI=1S/C21H24FN5S/c1-16-3-8-20(17(2)13-16)26-14-23-27(21(26)28)15-24-9-11-25(12-10-24)19-6-4-18(22)5-7-19/h3-8,13-14H,9-12,15H2,1-2H3/p+1. The van der Waals surface area contributed by atoms with Gasteiger partial charge in [-0.05, 0) is 62.0 Å². The number of aromatic nitrogens is 3. The molecule has 1 N–H and O–H groups in total. The van der Waals surface area contributed by atoms with Crippen LogP contribution in [0.1, 0.15) is 11.1 Å². The number of hydrogen-bond acceptors (Lipinski definition) is 3. The van der Waals surface area contributed by atoms with Crippen molar-refractivity contribution in [2.45, 2.75) is 20.5 Å². The largest absolute Gasteiger partial charge is 0.360 e. The summed E-state index contributed by atoms with van der Waals surface area (Å²) >= 11 is 5.68. The first-order valence-corrected chi connectivity index (χ1v) is 9.98. The van der Waals surface area contributed by atoms with Gasteiger partial charge in [0.25, 0.3) is 0 Å². The van der Waals surface area contributed by atoms with Gasteiger partial charge in [-0.3, -0.25) is 4.57 Å².